The van der Waals surface area contributed by atoms with Gasteiger partial charge in [-0.1, -0.05) is 5.10 Å². The molecule has 9 heteroatoms. The van der Waals surface area contributed by atoms with Gasteiger partial charge in [-0.25, -0.2) is 4.39 Å². The van der Waals surface area contributed by atoms with E-state index in [2.05, 4.69) is 26.0 Å². The van der Waals surface area contributed by atoms with Crippen LogP contribution in [0.3, 0.4) is 0 Å². The molecule has 1 aromatic carbocycles. The molecule has 0 fully saturated rings. The fourth-order valence-electron chi connectivity index (χ4n) is 1.34. The number of anilines is 1. The van der Waals surface area contributed by atoms with Crippen LogP contribution in [0.4, 0.5) is 10.3 Å². The number of halogens is 1. The number of aryl methyl sites for hydroxylation is 1. The molecule has 0 aliphatic rings. The van der Waals surface area contributed by atoms with Gasteiger partial charge in [-0.15, -0.1) is 5.10 Å². The van der Waals surface area contributed by atoms with E-state index >= 15 is 0 Å². The zero-order valence-corrected chi connectivity index (χ0v) is 11.3. The maximum absolute atomic E-state index is 12.7. The lowest BCUT2D eigenvalue weighted by Crippen LogP contribution is -2.34. The lowest BCUT2D eigenvalue weighted by atomic mass is 10.2. The highest BCUT2D eigenvalue weighted by molar-refractivity contribution is 7.80. The Morgan fingerprint density at radius 3 is 2.70 bits per heavy atom. The third-order valence-corrected chi connectivity index (χ3v) is 2.50. The number of rotatable bonds is 3. The minimum atomic E-state index is -0.453. The number of nitrogens with zero attached hydrogens (tertiary/aromatic N) is 4. The highest BCUT2D eigenvalue weighted by Gasteiger charge is 2.09. The summed E-state index contributed by atoms with van der Waals surface area (Å²) in [5, 5.41) is 16.5. The van der Waals surface area contributed by atoms with Crippen LogP contribution in [0.1, 0.15) is 17.3 Å². The van der Waals surface area contributed by atoms with E-state index in [-0.39, 0.29) is 11.1 Å². The van der Waals surface area contributed by atoms with Crippen molar-refractivity contribution in [3.05, 3.63) is 35.6 Å². The zero-order chi connectivity index (χ0) is 14.5. The molecule has 0 aliphatic heterocycles. The van der Waals surface area contributed by atoms with Crippen LogP contribution >= 0.6 is 12.2 Å². The Bertz CT molecular complexity index is 626. The van der Waals surface area contributed by atoms with Crippen LogP contribution in [0, 0.1) is 5.82 Å². The van der Waals surface area contributed by atoms with Gasteiger partial charge >= 0.3 is 0 Å². The highest BCUT2D eigenvalue weighted by Crippen LogP contribution is 2.02. The lowest BCUT2D eigenvalue weighted by Gasteiger charge is -2.06. The SMILES string of the molecule is CCn1nnc(NC(=S)NC(=O)c2ccc(F)cc2)n1. The smallest absolute Gasteiger partial charge is 0.269 e. The summed E-state index contributed by atoms with van der Waals surface area (Å²) in [4.78, 5) is 13.2. The number of thiocarbonyl (C=S) groups is 1. The van der Waals surface area contributed by atoms with Gasteiger partial charge in [0.05, 0.1) is 6.54 Å². The van der Waals surface area contributed by atoms with Crippen molar-refractivity contribution >= 4 is 29.2 Å². The van der Waals surface area contributed by atoms with Crippen molar-refractivity contribution in [2.24, 2.45) is 0 Å². The average Bonchev–Trinajstić information content (AvgIpc) is 2.86. The van der Waals surface area contributed by atoms with Gasteiger partial charge in [0, 0.05) is 5.56 Å². The summed E-state index contributed by atoms with van der Waals surface area (Å²) in [5.74, 6) is -0.677. The van der Waals surface area contributed by atoms with Crippen molar-refractivity contribution in [2.45, 2.75) is 13.5 Å². The molecule has 2 rings (SSSR count). The maximum atomic E-state index is 12.7. The minimum Gasteiger partial charge on any atom is -0.299 e. The Kier molecular flexibility index (Phi) is 4.31. The van der Waals surface area contributed by atoms with Gasteiger partial charge in [0.1, 0.15) is 5.82 Å². The highest BCUT2D eigenvalue weighted by atomic mass is 32.1. The summed E-state index contributed by atoms with van der Waals surface area (Å²) in [6, 6.07) is 5.11. The van der Waals surface area contributed by atoms with Gasteiger partial charge in [0.2, 0.25) is 0 Å². The van der Waals surface area contributed by atoms with Crippen LogP contribution in [-0.2, 0) is 6.54 Å². The minimum absolute atomic E-state index is 0.0370. The van der Waals surface area contributed by atoms with Gasteiger partial charge in [0.25, 0.3) is 11.9 Å². The summed E-state index contributed by atoms with van der Waals surface area (Å²) in [5.41, 5.74) is 0.292. The first-order valence-electron chi connectivity index (χ1n) is 5.74. The molecule has 0 saturated heterocycles. The molecule has 0 atom stereocenters. The predicted octanol–water partition coefficient (Wildman–Crippen LogP) is 0.959. The van der Waals surface area contributed by atoms with Crippen molar-refractivity contribution in [3.63, 3.8) is 0 Å². The third kappa shape index (κ3) is 3.54. The summed E-state index contributed by atoms with van der Waals surface area (Å²) in [6.45, 7) is 2.43. The van der Waals surface area contributed by atoms with E-state index in [0.29, 0.717) is 12.1 Å². The zero-order valence-electron chi connectivity index (χ0n) is 10.5. The van der Waals surface area contributed by atoms with E-state index in [1.165, 1.54) is 29.1 Å². The molecule has 1 heterocycles. The van der Waals surface area contributed by atoms with E-state index in [1.807, 2.05) is 6.92 Å². The third-order valence-electron chi connectivity index (χ3n) is 2.29. The molecule has 0 bridgehead atoms. The lowest BCUT2D eigenvalue weighted by molar-refractivity contribution is 0.0977. The number of nitrogens with one attached hydrogen (secondary N) is 2. The average molecular weight is 294 g/mol. The number of carbonyl (C=O) groups excluding carboxylic acids is 1. The van der Waals surface area contributed by atoms with Crippen molar-refractivity contribution in [3.8, 4) is 0 Å². The molecule has 0 spiro atoms. The first-order chi connectivity index (χ1) is 9.58. The summed E-state index contributed by atoms with van der Waals surface area (Å²) in [7, 11) is 0. The number of aromatic nitrogens is 4. The Labute approximate surface area is 119 Å². The predicted molar refractivity (Wildman–Crippen MR) is 73.6 cm³/mol. The molecular weight excluding hydrogens is 283 g/mol. The quantitative estimate of drug-likeness (QED) is 0.820. The van der Waals surface area contributed by atoms with Crippen molar-refractivity contribution < 1.29 is 9.18 Å². The van der Waals surface area contributed by atoms with E-state index < -0.39 is 11.7 Å². The molecular formula is C11H11FN6OS. The number of tetrazole rings is 1. The van der Waals surface area contributed by atoms with Gasteiger partial charge < -0.3 is 0 Å². The molecule has 0 radical (unpaired) electrons. The Hall–Kier alpha value is -2.42. The van der Waals surface area contributed by atoms with Gasteiger partial charge in [-0.05, 0) is 48.6 Å². The van der Waals surface area contributed by atoms with E-state index in [0.717, 1.165) is 0 Å². The summed E-state index contributed by atoms with van der Waals surface area (Å²) in [6.07, 6.45) is 0. The van der Waals surface area contributed by atoms with Gasteiger partial charge in [-0.2, -0.15) is 4.80 Å². The van der Waals surface area contributed by atoms with Crippen LogP contribution in [0.2, 0.25) is 0 Å². The van der Waals surface area contributed by atoms with Crippen LogP contribution < -0.4 is 10.6 Å². The normalized spacial score (nSPS) is 10.1. The molecule has 0 unspecified atom stereocenters. The molecule has 1 amide bonds. The molecule has 2 N–H and O–H groups in total. The molecule has 0 aliphatic carbocycles. The van der Waals surface area contributed by atoms with Crippen LogP contribution in [-0.4, -0.2) is 31.2 Å². The van der Waals surface area contributed by atoms with E-state index in [4.69, 9.17) is 12.2 Å². The van der Waals surface area contributed by atoms with E-state index in [1.54, 1.807) is 0 Å². The number of amides is 1. The van der Waals surface area contributed by atoms with Gasteiger partial charge in [0.15, 0.2) is 5.11 Å². The van der Waals surface area contributed by atoms with E-state index in [9.17, 15) is 9.18 Å². The monoisotopic (exact) mass is 294 g/mol. The molecule has 20 heavy (non-hydrogen) atoms. The molecule has 2 aromatic rings. The number of carbonyl (C=O) groups is 1. The Morgan fingerprint density at radius 1 is 1.40 bits per heavy atom. The fraction of sp³-hybridized carbons (Fsp3) is 0.182. The molecule has 0 saturated carbocycles. The largest absolute Gasteiger partial charge is 0.299 e. The second-order valence-electron chi connectivity index (χ2n) is 3.72. The molecule has 104 valence electrons. The number of hydrogen-bond acceptors (Lipinski definition) is 5. The maximum Gasteiger partial charge on any atom is 0.269 e. The van der Waals surface area contributed by atoms with Crippen LogP contribution in [0.5, 0.6) is 0 Å². The van der Waals surface area contributed by atoms with Crippen molar-refractivity contribution in [2.75, 3.05) is 5.32 Å². The van der Waals surface area contributed by atoms with Crippen LogP contribution in [0.15, 0.2) is 24.3 Å². The van der Waals surface area contributed by atoms with Crippen molar-refractivity contribution in [1.82, 2.24) is 25.5 Å². The second-order valence-corrected chi connectivity index (χ2v) is 4.12. The second kappa shape index (κ2) is 6.15. The summed E-state index contributed by atoms with van der Waals surface area (Å²) >= 11 is 4.95. The standard InChI is InChI=1S/C11H11FN6OS/c1-2-18-16-10(15-17-18)14-11(20)13-9(19)7-3-5-8(12)6-4-7/h3-6H,2H2,1H3,(H2,13,14,16,19,20). The van der Waals surface area contributed by atoms with Crippen molar-refractivity contribution in [1.29, 1.82) is 0 Å². The Balaban J connectivity index is 1.94. The number of hydrogen-bond donors (Lipinski definition) is 2. The Morgan fingerprint density at radius 2 is 2.10 bits per heavy atom. The molecule has 7 nitrogen and oxygen atoms in total. The number of benzene rings is 1. The van der Waals surface area contributed by atoms with Crippen LogP contribution in [0.25, 0.3) is 0 Å². The first-order valence-corrected chi connectivity index (χ1v) is 6.15. The van der Waals surface area contributed by atoms with Gasteiger partial charge in [-0.3, -0.25) is 15.4 Å². The molecule has 1 aromatic heterocycles. The first kappa shape index (κ1) is 14.0. The fourth-order valence-corrected chi connectivity index (χ4v) is 1.52. The summed E-state index contributed by atoms with van der Waals surface area (Å²) < 4.78 is 12.7. The topological polar surface area (TPSA) is 84.7 Å².